The summed E-state index contributed by atoms with van der Waals surface area (Å²) in [5, 5.41) is 11.5. The number of esters is 1. The maximum atomic E-state index is 13.4. The van der Waals surface area contributed by atoms with Gasteiger partial charge in [-0.15, -0.1) is 0 Å². The van der Waals surface area contributed by atoms with E-state index in [1.54, 1.807) is 44.4 Å². The maximum Gasteiger partial charge on any atom is 0.350 e. The van der Waals surface area contributed by atoms with Gasteiger partial charge in [-0.25, -0.2) is 9.78 Å². The first-order valence-electron chi connectivity index (χ1n) is 11.5. The van der Waals surface area contributed by atoms with E-state index in [2.05, 4.69) is 11.6 Å². The SMILES string of the molecule is C=CCOC(=O)c1sc(N2C(=O)C(=O)/C(=C(/O)c3ccc(OC)c(C)c3)C2c2ccc(C)cc2)nc1C. The molecule has 1 aliphatic rings. The average molecular weight is 519 g/mol. The van der Waals surface area contributed by atoms with Crippen LogP contribution >= 0.6 is 11.3 Å². The van der Waals surface area contributed by atoms with Crippen molar-refractivity contribution in [3.63, 3.8) is 0 Å². The van der Waals surface area contributed by atoms with Crippen LogP contribution in [0.15, 0.2) is 60.7 Å². The van der Waals surface area contributed by atoms with Gasteiger partial charge in [-0.2, -0.15) is 0 Å². The van der Waals surface area contributed by atoms with Gasteiger partial charge in [0.05, 0.1) is 24.4 Å². The lowest BCUT2D eigenvalue weighted by molar-refractivity contribution is -0.132. The molecule has 0 spiro atoms. The molecule has 1 atom stereocenters. The number of ketones is 1. The van der Waals surface area contributed by atoms with Gasteiger partial charge in [0.1, 0.15) is 23.0 Å². The summed E-state index contributed by atoms with van der Waals surface area (Å²) in [6, 6.07) is 11.4. The van der Waals surface area contributed by atoms with Crippen LogP contribution in [0.25, 0.3) is 5.76 Å². The minimum atomic E-state index is -0.953. The summed E-state index contributed by atoms with van der Waals surface area (Å²) in [6.45, 7) is 8.93. The highest BCUT2D eigenvalue weighted by atomic mass is 32.1. The Bertz CT molecular complexity index is 1440. The number of aliphatic hydroxyl groups excluding tert-OH is 1. The van der Waals surface area contributed by atoms with Gasteiger partial charge in [0, 0.05) is 5.56 Å². The van der Waals surface area contributed by atoms with Crippen LogP contribution < -0.4 is 9.64 Å². The highest BCUT2D eigenvalue weighted by molar-refractivity contribution is 7.17. The number of benzene rings is 2. The Morgan fingerprint density at radius 1 is 1.16 bits per heavy atom. The number of carbonyl (C=O) groups excluding carboxylic acids is 3. The Balaban J connectivity index is 1.88. The molecule has 1 amide bonds. The van der Waals surface area contributed by atoms with E-state index in [1.807, 2.05) is 26.0 Å². The van der Waals surface area contributed by atoms with Gasteiger partial charge in [-0.3, -0.25) is 14.5 Å². The molecule has 4 rings (SSSR count). The van der Waals surface area contributed by atoms with Gasteiger partial charge in [0.2, 0.25) is 0 Å². The third-order valence-electron chi connectivity index (χ3n) is 6.01. The number of methoxy groups -OCH3 is 1. The molecule has 0 aliphatic carbocycles. The van der Waals surface area contributed by atoms with Crippen molar-refractivity contribution in [1.82, 2.24) is 4.98 Å². The van der Waals surface area contributed by atoms with Crippen LogP contribution in [0.2, 0.25) is 0 Å². The summed E-state index contributed by atoms with van der Waals surface area (Å²) in [5.74, 6) is -1.98. The van der Waals surface area contributed by atoms with Crippen molar-refractivity contribution >= 4 is 39.9 Å². The van der Waals surface area contributed by atoms with Crippen molar-refractivity contribution in [1.29, 1.82) is 0 Å². The van der Waals surface area contributed by atoms with Crippen LogP contribution in [0.4, 0.5) is 5.13 Å². The minimum absolute atomic E-state index is 0.0284. The molecular formula is C28H26N2O6S. The molecule has 0 radical (unpaired) electrons. The van der Waals surface area contributed by atoms with Gasteiger partial charge in [0.15, 0.2) is 5.13 Å². The second kappa shape index (κ2) is 10.4. The summed E-state index contributed by atoms with van der Waals surface area (Å²) in [6.07, 6.45) is 1.45. The Morgan fingerprint density at radius 2 is 1.86 bits per heavy atom. The van der Waals surface area contributed by atoms with Crippen LogP contribution in [0.3, 0.4) is 0 Å². The fourth-order valence-electron chi connectivity index (χ4n) is 4.15. The molecule has 2 heterocycles. The largest absolute Gasteiger partial charge is 0.507 e. The van der Waals surface area contributed by atoms with Crippen molar-refractivity contribution in [2.45, 2.75) is 26.8 Å². The molecule has 1 aromatic heterocycles. The lowest BCUT2D eigenvalue weighted by atomic mass is 9.94. The van der Waals surface area contributed by atoms with E-state index >= 15 is 0 Å². The molecule has 1 unspecified atom stereocenters. The quantitative estimate of drug-likeness (QED) is 0.153. The number of aromatic nitrogens is 1. The van der Waals surface area contributed by atoms with Crippen molar-refractivity contribution < 1.29 is 29.0 Å². The van der Waals surface area contributed by atoms with Crippen molar-refractivity contribution in [2.24, 2.45) is 0 Å². The molecule has 3 aromatic rings. The van der Waals surface area contributed by atoms with E-state index in [0.717, 1.165) is 22.5 Å². The number of Topliss-reactive ketones (excluding diaryl/α,β-unsaturated/α-hetero) is 1. The number of hydrogen-bond acceptors (Lipinski definition) is 8. The van der Waals surface area contributed by atoms with Crippen molar-refractivity contribution in [2.75, 3.05) is 18.6 Å². The average Bonchev–Trinajstić information content (AvgIpc) is 3.39. The zero-order valence-electron chi connectivity index (χ0n) is 20.9. The summed E-state index contributed by atoms with van der Waals surface area (Å²) in [4.78, 5) is 45.1. The molecule has 1 N–H and O–H groups in total. The van der Waals surface area contributed by atoms with E-state index in [1.165, 1.54) is 11.0 Å². The summed E-state index contributed by atoms with van der Waals surface area (Å²) >= 11 is 0.952. The predicted octanol–water partition coefficient (Wildman–Crippen LogP) is 5.05. The van der Waals surface area contributed by atoms with Gasteiger partial charge in [0.25, 0.3) is 5.78 Å². The number of anilines is 1. The maximum absolute atomic E-state index is 13.4. The van der Waals surface area contributed by atoms with Gasteiger partial charge in [-0.05, 0) is 50.1 Å². The first kappa shape index (κ1) is 25.8. The van der Waals surface area contributed by atoms with Crippen molar-refractivity contribution in [3.8, 4) is 5.75 Å². The number of rotatable bonds is 7. The number of ether oxygens (including phenoxy) is 2. The summed E-state index contributed by atoms with van der Waals surface area (Å²) in [5.41, 5.74) is 3.03. The molecule has 1 fully saturated rings. The first-order chi connectivity index (χ1) is 17.7. The summed E-state index contributed by atoms with van der Waals surface area (Å²) < 4.78 is 10.4. The normalized spacial score (nSPS) is 16.6. The lowest BCUT2D eigenvalue weighted by Crippen LogP contribution is -2.29. The zero-order chi connectivity index (χ0) is 26.9. The first-order valence-corrected chi connectivity index (χ1v) is 12.3. The van der Waals surface area contributed by atoms with E-state index < -0.39 is 23.7 Å². The Labute approximate surface area is 218 Å². The lowest BCUT2D eigenvalue weighted by Gasteiger charge is -2.23. The molecular weight excluding hydrogens is 492 g/mol. The van der Waals surface area contributed by atoms with Gasteiger partial charge in [-0.1, -0.05) is 53.8 Å². The van der Waals surface area contributed by atoms with Crippen molar-refractivity contribution in [3.05, 3.63) is 93.5 Å². The molecule has 1 saturated heterocycles. The number of nitrogens with zero attached hydrogens (tertiary/aromatic N) is 2. The fraction of sp³-hybridized carbons (Fsp3) is 0.214. The molecule has 0 bridgehead atoms. The van der Waals surface area contributed by atoms with Crippen LogP contribution in [0.5, 0.6) is 5.75 Å². The number of carbonyl (C=O) groups is 3. The Kier molecular flexibility index (Phi) is 7.26. The number of thiazole rings is 1. The van der Waals surface area contributed by atoms with E-state index in [-0.39, 0.29) is 27.9 Å². The Morgan fingerprint density at radius 3 is 2.49 bits per heavy atom. The second-order valence-corrected chi connectivity index (χ2v) is 9.54. The standard InChI is InChI=1S/C28H26N2O6S/c1-6-13-36-27(34)25-17(4)29-28(37-25)30-22(18-9-7-15(2)8-10-18)21(24(32)26(30)33)23(31)19-11-12-20(35-5)16(3)14-19/h6-12,14,22,31H,1,13H2,2-5H3/b23-21+. The molecule has 2 aromatic carbocycles. The number of amides is 1. The predicted molar refractivity (Wildman–Crippen MR) is 141 cm³/mol. The van der Waals surface area contributed by atoms with Gasteiger partial charge < -0.3 is 14.6 Å². The van der Waals surface area contributed by atoms with E-state index in [9.17, 15) is 19.5 Å². The fourth-order valence-corrected chi connectivity index (χ4v) is 5.14. The number of hydrogen-bond donors (Lipinski definition) is 1. The highest BCUT2D eigenvalue weighted by Gasteiger charge is 2.48. The number of aliphatic hydroxyl groups is 1. The third kappa shape index (κ3) is 4.77. The molecule has 0 saturated carbocycles. The minimum Gasteiger partial charge on any atom is -0.507 e. The van der Waals surface area contributed by atoms with Crippen LogP contribution in [-0.4, -0.2) is 41.5 Å². The topological polar surface area (TPSA) is 106 Å². The third-order valence-corrected chi connectivity index (χ3v) is 7.15. The van der Waals surface area contributed by atoms with Gasteiger partial charge >= 0.3 is 11.9 Å². The van der Waals surface area contributed by atoms with E-state index in [0.29, 0.717) is 22.6 Å². The Hall–Kier alpha value is -4.24. The highest BCUT2D eigenvalue weighted by Crippen LogP contribution is 2.44. The number of aryl methyl sites for hydroxylation is 3. The smallest absolute Gasteiger partial charge is 0.350 e. The second-order valence-electron chi connectivity index (χ2n) is 8.56. The monoisotopic (exact) mass is 518 g/mol. The van der Waals surface area contributed by atoms with Crippen LogP contribution in [-0.2, 0) is 14.3 Å². The zero-order valence-corrected chi connectivity index (χ0v) is 21.7. The molecule has 8 nitrogen and oxygen atoms in total. The molecule has 190 valence electrons. The molecule has 37 heavy (non-hydrogen) atoms. The molecule has 9 heteroatoms. The van der Waals surface area contributed by atoms with Crippen LogP contribution in [0, 0.1) is 20.8 Å². The summed E-state index contributed by atoms with van der Waals surface area (Å²) in [7, 11) is 1.54. The van der Waals surface area contributed by atoms with Crippen LogP contribution in [0.1, 0.15) is 43.7 Å². The molecule has 1 aliphatic heterocycles. The van der Waals surface area contributed by atoms with E-state index in [4.69, 9.17) is 9.47 Å².